The van der Waals surface area contributed by atoms with Crippen LogP contribution < -0.4 is 5.73 Å². The van der Waals surface area contributed by atoms with Gasteiger partial charge in [-0.15, -0.1) is 0 Å². The number of hydrogen-bond acceptors (Lipinski definition) is 2. The maximum atomic E-state index is 6.31. The number of halogens is 2. The Bertz CT molecular complexity index is 403. The van der Waals surface area contributed by atoms with E-state index in [0.29, 0.717) is 6.54 Å². The van der Waals surface area contributed by atoms with Gasteiger partial charge in [0.1, 0.15) is 0 Å². The van der Waals surface area contributed by atoms with Crippen molar-refractivity contribution in [2.45, 2.75) is 25.8 Å². The van der Waals surface area contributed by atoms with Crippen LogP contribution in [0.1, 0.15) is 31.4 Å². The first-order chi connectivity index (χ1) is 8.61. The second-order valence-electron chi connectivity index (χ2n) is 5.14. The number of piperidine rings is 1. The Morgan fingerprint density at radius 1 is 1.44 bits per heavy atom. The van der Waals surface area contributed by atoms with Crippen LogP contribution in [-0.4, -0.2) is 24.5 Å². The van der Waals surface area contributed by atoms with Crippen LogP contribution in [0, 0.1) is 5.92 Å². The Balaban J connectivity index is 2.19. The number of nitrogens with two attached hydrogens (primary N) is 1. The van der Waals surface area contributed by atoms with E-state index < -0.39 is 0 Å². The summed E-state index contributed by atoms with van der Waals surface area (Å²) in [6.07, 6.45) is 2.50. The fraction of sp³-hybridized carbons (Fsp3) is 0.571. The topological polar surface area (TPSA) is 29.3 Å². The highest BCUT2D eigenvalue weighted by atomic mass is 79.9. The lowest BCUT2D eigenvalue weighted by Gasteiger charge is -2.36. The molecule has 1 fully saturated rings. The van der Waals surface area contributed by atoms with Gasteiger partial charge in [0.2, 0.25) is 0 Å². The molecule has 1 atom stereocenters. The quantitative estimate of drug-likeness (QED) is 0.912. The molecule has 1 heterocycles. The van der Waals surface area contributed by atoms with Gasteiger partial charge in [0.25, 0.3) is 0 Å². The summed E-state index contributed by atoms with van der Waals surface area (Å²) < 4.78 is 1.06. The molecule has 0 radical (unpaired) electrons. The van der Waals surface area contributed by atoms with Crippen molar-refractivity contribution in [1.82, 2.24) is 4.90 Å². The highest BCUT2D eigenvalue weighted by Crippen LogP contribution is 2.32. The lowest BCUT2D eigenvalue weighted by molar-refractivity contribution is 0.141. The molecule has 1 aliphatic rings. The fourth-order valence-corrected chi connectivity index (χ4v) is 3.21. The SMILES string of the molecule is CC1CCN(C(CN)c2cc(Br)ccc2Cl)CC1. The second kappa shape index (κ2) is 6.38. The molecule has 4 heteroatoms. The monoisotopic (exact) mass is 330 g/mol. The van der Waals surface area contributed by atoms with Gasteiger partial charge in [0, 0.05) is 22.1 Å². The van der Waals surface area contributed by atoms with Crippen molar-refractivity contribution in [2.75, 3.05) is 19.6 Å². The average molecular weight is 332 g/mol. The first-order valence-electron chi connectivity index (χ1n) is 6.51. The van der Waals surface area contributed by atoms with Gasteiger partial charge in [0.15, 0.2) is 0 Å². The van der Waals surface area contributed by atoms with Crippen molar-refractivity contribution in [2.24, 2.45) is 11.7 Å². The molecule has 0 amide bonds. The summed E-state index contributed by atoms with van der Waals surface area (Å²) in [5.74, 6) is 0.831. The van der Waals surface area contributed by atoms with Crippen molar-refractivity contribution >= 4 is 27.5 Å². The van der Waals surface area contributed by atoms with Crippen LogP contribution >= 0.6 is 27.5 Å². The van der Waals surface area contributed by atoms with Crippen LogP contribution in [0.5, 0.6) is 0 Å². The lowest BCUT2D eigenvalue weighted by atomic mass is 9.96. The molecule has 18 heavy (non-hydrogen) atoms. The normalized spacial score (nSPS) is 20.0. The van der Waals surface area contributed by atoms with E-state index in [-0.39, 0.29) is 6.04 Å². The lowest BCUT2D eigenvalue weighted by Crippen LogP contribution is -2.39. The van der Waals surface area contributed by atoms with E-state index in [1.165, 1.54) is 12.8 Å². The van der Waals surface area contributed by atoms with E-state index in [2.05, 4.69) is 33.8 Å². The average Bonchev–Trinajstić information content (AvgIpc) is 2.37. The van der Waals surface area contributed by atoms with E-state index in [4.69, 9.17) is 17.3 Å². The third kappa shape index (κ3) is 3.27. The molecule has 2 nitrogen and oxygen atoms in total. The molecule has 1 unspecified atom stereocenters. The number of hydrogen-bond donors (Lipinski definition) is 1. The zero-order chi connectivity index (χ0) is 13.1. The van der Waals surface area contributed by atoms with Gasteiger partial charge >= 0.3 is 0 Å². The van der Waals surface area contributed by atoms with E-state index in [9.17, 15) is 0 Å². The molecule has 2 N–H and O–H groups in total. The Morgan fingerprint density at radius 2 is 2.11 bits per heavy atom. The van der Waals surface area contributed by atoms with Gasteiger partial charge in [-0.2, -0.15) is 0 Å². The number of nitrogens with zero attached hydrogens (tertiary/aromatic N) is 1. The summed E-state index contributed by atoms with van der Waals surface area (Å²) in [5, 5.41) is 0.812. The first kappa shape index (κ1) is 14.3. The maximum absolute atomic E-state index is 6.31. The third-order valence-corrected chi connectivity index (χ3v) is 4.64. The Morgan fingerprint density at radius 3 is 2.72 bits per heavy atom. The number of benzene rings is 1. The van der Waals surface area contributed by atoms with Crippen molar-refractivity contribution in [3.05, 3.63) is 33.3 Å². The van der Waals surface area contributed by atoms with E-state index in [1.807, 2.05) is 12.1 Å². The maximum Gasteiger partial charge on any atom is 0.0485 e. The molecule has 1 aromatic rings. The minimum Gasteiger partial charge on any atom is -0.329 e. The van der Waals surface area contributed by atoms with Crippen LogP contribution in [0.2, 0.25) is 5.02 Å². The molecule has 0 bridgehead atoms. The summed E-state index contributed by atoms with van der Waals surface area (Å²) in [5.41, 5.74) is 7.12. The van der Waals surface area contributed by atoms with Crippen molar-refractivity contribution < 1.29 is 0 Å². The van der Waals surface area contributed by atoms with E-state index in [0.717, 1.165) is 34.1 Å². The number of rotatable bonds is 3. The zero-order valence-electron chi connectivity index (χ0n) is 10.7. The molecule has 1 aliphatic heterocycles. The summed E-state index contributed by atoms with van der Waals surface area (Å²) in [6.45, 7) is 5.17. The van der Waals surface area contributed by atoms with Gasteiger partial charge in [-0.1, -0.05) is 34.5 Å². The number of likely N-dealkylation sites (tertiary alicyclic amines) is 1. The zero-order valence-corrected chi connectivity index (χ0v) is 13.0. The molecule has 0 spiro atoms. The largest absolute Gasteiger partial charge is 0.329 e. The van der Waals surface area contributed by atoms with Crippen molar-refractivity contribution in [1.29, 1.82) is 0 Å². The molecular weight excluding hydrogens is 312 g/mol. The molecule has 0 saturated carbocycles. The molecular formula is C14H20BrClN2. The molecule has 1 aromatic carbocycles. The summed E-state index contributed by atoms with van der Waals surface area (Å²) in [4.78, 5) is 2.47. The van der Waals surface area contributed by atoms with Gasteiger partial charge < -0.3 is 5.73 Å². The third-order valence-electron chi connectivity index (χ3n) is 3.80. The van der Waals surface area contributed by atoms with Gasteiger partial charge in [-0.05, 0) is 55.6 Å². The van der Waals surface area contributed by atoms with Crippen LogP contribution in [0.3, 0.4) is 0 Å². The molecule has 100 valence electrons. The molecule has 2 rings (SSSR count). The van der Waals surface area contributed by atoms with Crippen LogP contribution in [0.25, 0.3) is 0 Å². The predicted molar refractivity (Wildman–Crippen MR) is 80.9 cm³/mol. The van der Waals surface area contributed by atoms with Crippen molar-refractivity contribution in [3.8, 4) is 0 Å². The summed E-state index contributed by atoms with van der Waals surface area (Å²) in [7, 11) is 0. The second-order valence-corrected chi connectivity index (χ2v) is 6.46. The fourth-order valence-electron chi connectivity index (χ4n) is 2.58. The smallest absolute Gasteiger partial charge is 0.0485 e. The summed E-state index contributed by atoms with van der Waals surface area (Å²) >= 11 is 9.82. The van der Waals surface area contributed by atoms with Gasteiger partial charge in [-0.3, -0.25) is 4.90 Å². The Hall–Kier alpha value is -0.0900. The summed E-state index contributed by atoms with van der Waals surface area (Å²) in [6, 6.07) is 6.24. The minimum absolute atomic E-state index is 0.238. The Labute approximate surface area is 123 Å². The van der Waals surface area contributed by atoms with Gasteiger partial charge in [0.05, 0.1) is 0 Å². The first-order valence-corrected chi connectivity index (χ1v) is 7.68. The molecule has 1 saturated heterocycles. The Kier molecular flexibility index (Phi) is 5.07. The van der Waals surface area contributed by atoms with E-state index >= 15 is 0 Å². The van der Waals surface area contributed by atoms with Crippen LogP contribution in [0.15, 0.2) is 22.7 Å². The highest BCUT2D eigenvalue weighted by Gasteiger charge is 2.25. The highest BCUT2D eigenvalue weighted by molar-refractivity contribution is 9.10. The van der Waals surface area contributed by atoms with E-state index in [1.54, 1.807) is 0 Å². The molecule has 0 aromatic heterocycles. The standard InChI is InChI=1S/C14H20BrClN2/c1-10-4-6-18(7-5-10)14(9-17)12-8-11(15)2-3-13(12)16/h2-3,8,10,14H,4-7,9,17H2,1H3. The molecule has 0 aliphatic carbocycles. The van der Waals surface area contributed by atoms with Crippen molar-refractivity contribution in [3.63, 3.8) is 0 Å². The van der Waals surface area contributed by atoms with Gasteiger partial charge in [-0.25, -0.2) is 0 Å². The predicted octanol–water partition coefficient (Wildman–Crippen LogP) is 3.83. The van der Waals surface area contributed by atoms with Crippen LogP contribution in [0.4, 0.5) is 0 Å². The minimum atomic E-state index is 0.238. The van der Waals surface area contributed by atoms with Crippen LogP contribution in [-0.2, 0) is 0 Å².